The lowest BCUT2D eigenvalue weighted by Gasteiger charge is -2.40. The van der Waals surface area contributed by atoms with Gasteiger partial charge in [0, 0.05) is 31.4 Å². The monoisotopic (exact) mass is 687 g/mol. The zero-order valence-corrected chi connectivity index (χ0v) is 29.3. The van der Waals surface area contributed by atoms with Crippen molar-refractivity contribution in [2.45, 2.75) is 78.6 Å². The molecule has 0 aliphatic heterocycles. The third-order valence-electron chi connectivity index (χ3n) is 7.26. The molecule has 0 saturated carbocycles. The van der Waals surface area contributed by atoms with Crippen LogP contribution in [0.2, 0.25) is 0 Å². The number of aromatic nitrogens is 2. The van der Waals surface area contributed by atoms with E-state index in [0.29, 0.717) is 24.5 Å². The summed E-state index contributed by atoms with van der Waals surface area (Å²) in [6.07, 6.45) is 1.68. The van der Waals surface area contributed by atoms with E-state index in [1.54, 1.807) is 31.9 Å². The van der Waals surface area contributed by atoms with Gasteiger partial charge in [0.1, 0.15) is 29.1 Å². The van der Waals surface area contributed by atoms with Gasteiger partial charge < -0.3 is 30.4 Å². The molecule has 0 saturated heterocycles. The number of thioether (sulfide) groups is 1. The highest BCUT2D eigenvalue weighted by Crippen LogP contribution is 2.40. The Kier molecular flexibility index (Phi) is 13.6. The lowest BCUT2D eigenvalue weighted by atomic mass is 9.84. The number of imidazole rings is 1. The summed E-state index contributed by atoms with van der Waals surface area (Å²) in [5.41, 5.74) is 5.56. The van der Waals surface area contributed by atoms with Gasteiger partial charge in [-0.1, -0.05) is 51.1 Å². The maximum Gasteiger partial charge on any atom is 0.407 e. The van der Waals surface area contributed by atoms with E-state index < -0.39 is 46.8 Å². The van der Waals surface area contributed by atoms with Crippen molar-refractivity contribution in [1.82, 2.24) is 19.8 Å². The van der Waals surface area contributed by atoms with Gasteiger partial charge >= 0.3 is 12.1 Å². The molecular formula is C35H47F2N5O5S. The molecule has 0 aliphatic carbocycles. The molecule has 10 nitrogen and oxygen atoms in total. The van der Waals surface area contributed by atoms with Crippen LogP contribution in [0.4, 0.5) is 13.6 Å². The van der Waals surface area contributed by atoms with E-state index in [-0.39, 0.29) is 42.4 Å². The van der Waals surface area contributed by atoms with Crippen LogP contribution in [0.5, 0.6) is 0 Å². The molecule has 13 heteroatoms. The molecule has 2 aromatic carbocycles. The van der Waals surface area contributed by atoms with Crippen molar-refractivity contribution in [1.29, 1.82) is 0 Å². The Morgan fingerprint density at radius 2 is 1.77 bits per heavy atom. The number of carbonyl (C=O) groups is 3. The summed E-state index contributed by atoms with van der Waals surface area (Å²) in [4.78, 5) is 44.1. The van der Waals surface area contributed by atoms with Crippen molar-refractivity contribution in [2.75, 3.05) is 24.6 Å². The number of alkyl carbamates (subject to hydrolysis) is 1. The van der Waals surface area contributed by atoms with Crippen LogP contribution in [-0.2, 0) is 20.9 Å². The number of aliphatic carboxylic acids is 1. The molecule has 3 rings (SSSR count). The first-order valence-corrected chi connectivity index (χ1v) is 17.0. The molecule has 0 bridgehead atoms. The third-order valence-corrected chi connectivity index (χ3v) is 8.24. The second kappa shape index (κ2) is 16.9. The fraction of sp³-hybridized carbons (Fsp3) is 0.486. The summed E-state index contributed by atoms with van der Waals surface area (Å²) in [5.74, 6) is -1.68. The van der Waals surface area contributed by atoms with Gasteiger partial charge in [0.15, 0.2) is 0 Å². The molecular weight excluding hydrogens is 640 g/mol. The van der Waals surface area contributed by atoms with Crippen molar-refractivity contribution in [2.24, 2.45) is 11.1 Å². The SMILES string of the molecule is CC(C)(C)OC(=O)NCCCN(C(=O)CSCCC(N)C(=O)O)C(c1nc(-c2cc(F)ccc2F)cn1Cc1ccccc1)C(C)(C)C. The Balaban J connectivity index is 2.02. The summed E-state index contributed by atoms with van der Waals surface area (Å²) in [5, 5.41) is 11.9. The second-order valence-electron chi connectivity index (χ2n) is 13.6. The number of halogens is 2. The number of amides is 2. The summed E-state index contributed by atoms with van der Waals surface area (Å²) in [6.45, 7) is 12.0. The molecule has 262 valence electrons. The Labute approximate surface area is 285 Å². The topological polar surface area (TPSA) is 140 Å². The van der Waals surface area contributed by atoms with E-state index in [2.05, 4.69) is 5.32 Å². The molecule has 2 amide bonds. The number of carboxylic acids is 1. The number of ether oxygens (including phenoxy) is 1. The predicted octanol–water partition coefficient (Wildman–Crippen LogP) is 6.24. The maximum atomic E-state index is 15.0. The smallest absolute Gasteiger partial charge is 0.407 e. The van der Waals surface area contributed by atoms with Crippen molar-refractivity contribution >= 4 is 29.7 Å². The van der Waals surface area contributed by atoms with E-state index in [4.69, 9.17) is 20.6 Å². The van der Waals surface area contributed by atoms with Crippen LogP contribution in [0.25, 0.3) is 11.3 Å². The molecule has 1 heterocycles. The first kappa shape index (κ1) is 38.5. The highest BCUT2D eigenvalue weighted by molar-refractivity contribution is 7.99. The Morgan fingerprint density at radius 1 is 1.08 bits per heavy atom. The fourth-order valence-electron chi connectivity index (χ4n) is 5.10. The molecule has 0 radical (unpaired) electrons. The average Bonchev–Trinajstić information content (AvgIpc) is 3.38. The molecule has 1 aromatic heterocycles. The fourth-order valence-corrected chi connectivity index (χ4v) is 6.01. The van der Waals surface area contributed by atoms with Gasteiger partial charge in [-0.3, -0.25) is 9.59 Å². The molecule has 4 N–H and O–H groups in total. The Morgan fingerprint density at radius 3 is 2.40 bits per heavy atom. The van der Waals surface area contributed by atoms with Crippen LogP contribution < -0.4 is 11.1 Å². The van der Waals surface area contributed by atoms with E-state index in [1.165, 1.54) is 11.8 Å². The minimum absolute atomic E-state index is 0.000447. The highest BCUT2D eigenvalue weighted by atomic mass is 32.2. The lowest BCUT2D eigenvalue weighted by molar-refractivity contribution is -0.138. The quantitative estimate of drug-likeness (QED) is 0.160. The van der Waals surface area contributed by atoms with Crippen LogP contribution in [0, 0.1) is 17.0 Å². The normalized spacial score (nSPS) is 13.1. The van der Waals surface area contributed by atoms with Gasteiger partial charge in [-0.2, -0.15) is 11.8 Å². The third kappa shape index (κ3) is 11.6. The average molecular weight is 688 g/mol. The molecule has 2 unspecified atom stereocenters. The first-order valence-electron chi connectivity index (χ1n) is 15.8. The molecule has 0 fully saturated rings. The standard InChI is InChI=1S/C35H47F2N5O5S/c1-34(2,3)30(31-40-28(25-19-24(36)13-14-26(25)37)21-41(31)20-23-11-8-7-9-12-23)42(17-10-16-39-33(46)47-35(4,5)6)29(43)22-48-18-15-27(38)32(44)45/h7-9,11-14,19,21,27,30H,10,15-18,20,22,38H2,1-6H3,(H,39,46)(H,44,45). The largest absolute Gasteiger partial charge is 0.480 e. The number of benzene rings is 2. The summed E-state index contributed by atoms with van der Waals surface area (Å²) in [7, 11) is 0. The van der Waals surface area contributed by atoms with Crippen molar-refractivity contribution in [3.63, 3.8) is 0 Å². The molecule has 0 aliphatic rings. The number of hydrogen-bond acceptors (Lipinski definition) is 7. The molecule has 48 heavy (non-hydrogen) atoms. The number of carboxylic acid groups (broad SMARTS) is 1. The summed E-state index contributed by atoms with van der Waals surface area (Å²) >= 11 is 1.28. The number of nitrogens with one attached hydrogen (secondary N) is 1. The van der Waals surface area contributed by atoms with Crippen LogP contribution in [0.3, 0.4) is 0 Å². The van der Waals surface area contributed by atoms with Gasteiger partial charge in [-0.15, -0.1) is 0 Å². The molecule has 0 spiro atoms. The van der Waals surface area contributed by atoms with Gasteiger partial charge in [0.2, 0.25) is 5.91 Å². The second-order valence-corrected chi connectivity index (χ2v) is 14.8. The van der Waals surface area contributed by atoms with Crippen molar-refractivity contribution in [3.05, 3.63) is 77.8 Å². The Bertz CT molecular complexity index is 1540. The van der Waals surface area contributed by atoms with Crippen LogP contribution in [-0.4, -0.2) is 73.8 Å². The number of carbonyl (C=O) groups excluding carboxylic acids is 2. The number of nitrogens with two attached hydrogens (primary N) is 1. The zero-order valence-electron chi connectivity index (χ0n) is 28.5. The minimum atomic E-state index is -1.11. The number of rotatable bonds is 15. The lowest BCUT2D eigenvalue weighted by Crippen LogP contribution is -2.45. The van der Waals surface area contributed by atoms with E-state index >= 15 is 4.39 Å². The maximum absolute atomic E-state index is 15.0. The highest BCUT2D eigenvalue weighted by Gasteiger charge is 2.38. The van der Waals surface area contributed by atoms with Gasteiger partial charge in [-0.05, 0) is 68.5 Å². The summed E-state index contributed by atoms with van der Waals surface area (Å²) < 4.78 is 36.5. The minimum Gasteiger partial charge on any atom is -0.480 e. The van der Waals surface area contributed by atoms with Gasteiger partial charge in [0.05, 0.1) is 17.5 Å². The summed E-state index contributed by atoms with van der Waals surface area (Å²) in [6, 6.07) is 11.1. The van der Waals surface area contributed by atoms with E-state index in [0.717, 1.165) is 23.8 Å². The van der Waals surface area contributed by atoms with Crippen LogP contribution >= 0.6 is 11.8 Å². The van der Waals surface area contributed by atoms with Crippen molar-refractivity contribution < 1.29 is 33.0 Å². The van der Waals surface area contributed by atoms with Crippen molar-refractivity contribution in [3.8, 4) is 11.3 Å². The number of nitrogens with zero attached hydrogens (tertiary/aromatic N) is 3. The van der Waals surface area contributed by atoms with Gasteiger partial charge in [0.25, 0.3) is 0 Å². The molecule has 2 atom stereocenters. The van der Waals surface area contributed by atoms with E-state index in [1.807, 2.05) is 55.7 Å². The zero-order chi connectivity index (χ0) is 35.6. The number of hydrogen-bond donors (Lipinski definition) is 3. The van der Waals surface area contributed by atoms with Gasteiger partial charge in [-0.25, -0.2) is 18.6 Å². The van der Waals surface area contributed by atoms with Crippen LogP contribution in [0.15, 0.2) is 54.7 Å². The predicted molar refractivity (Wildman–Crippen MR) is 183 cm³/mol. The molecule has 3 aromatic rings. The Hall–Kier alpha value is -3.97. The van der Waals surface area contributed by atoms with Crippen LogP contribution in [0.1, 0.15) is 71.8 Å². The van der Waals surface area contributed by atoms with E-state index in [9.17, 15) is 18.8 Å². The first-order chi connectivity index (χ1) is 22.5.